The molecule has 7 rings (SSSR count). The topological polar surface area (TPSA) is 25.8 Å². The number of benzene rings is 4. The van der Waals surface area contributed by atoms with Gasteiger partial charge in [-0.05, 0) is 62.1 Å². The zero-order valence-corrected chi connectivity index (χ0v) is 33.7. The predicted molar refractivity (Wildman–Crippen MR) is 203 cm³/mol. The molecule has 1 radical (unpaired) electrons. The van der Waals surface area contributed by atoms with Crippen molar-refractivity contribution in [2.45, 2.75) is 63.7 Å². The summed E-state index contributed by atoms with van der Waals surface area (Å²) in [6, 6.07) is 35.7. The Bertz CT molecular complexity index is 2260. The Balaban J connectivity index is 0.000000221. The monoisotopic (exact) mass is 875 g/mol. The molecule has 0 aliphatic heterocycles. The Morgan fingerprint density at radius 2 is 1.51 bits per heavy atom. The number of fused-ring (bicyclic) bond motifs is 4. The van der Waals surface area contributed by atoms with Gasteiger partial charge < -0.3 is 4.98 Å². The van der Waals surface area contributed by atoms with Gasteiger partial charge in [0.2, 0.25) is 0 Å². The fourth-order valence-electron chi connectivity index (χ4n) is 5.90. The third kappa shape index (κ3) is 7.62. The molecule has 0 amide bonds. The van der Waals surface area contributed by atoms with Crippen molar-refractivity contribution in [2.24, 2.45) is 0 Å². The van der Waals surface area contributed by atoms with Gasteiger partial charge in [0.15, 0.2) is 0 Å². The number of nitrogens with zero attached hydrogens (tertiary/aromatic N) is 2. The van der Waals surface area contributed by atoms with Crippen LogP contribution in [0.4, 0.5) is 0 Å². The van der Waals surface area contributed by atoms with Crippen molar-refractivity contribution in [3.8, 4) is 22.5 Å². The maximum absolute atomic E-state index is 8.38. The quantitative estimate of drug-likeness (QED) is 0.127. The van der Waals surface area contributed by atoms with Crippen LogP contribution in [0.1, 0.15) is 58.9 Å². The standard InChI is InChI=1S/C27H24NS.C15H18GeN.Ir/c1-16(2)18-8-9-20-13-24-22-6-5-7-23(25-14-19(17(3)4)10-11-28-25)27(22)29-26(24)15-21(20)12-18;1-12-10-15(13-8-6-5-7-9-13)17-11-14(12)16(2,3)4;/h5-6,8-17H,1-4H3;5-8,10-11H,1-4H3;/q2*-1;/i16D,17D;;. The second-order valence-electron chi connectivity index (χ2n) is 13.4. The molecule has 0 N–H and O–H groups in total. The van der Waals surface area contributed by atoms with E-state index in [1.807, 2.05) is 64.1 Å². The van der Waals surface area contributed by atoms with Crippen LogP contribution >= 0.6 is 11.3 Å². The summed E-state index contributed by atoms with van der Waals surface area (Å²) in [4.78, 5) is 9.20. The molecule has 0 saturated heterocycles. The molecule has 7 aromatic rings. The first kappa shape index (κ1) is 32.4. The van der Waals surface area contributed by atoms with E-state index >= 15 is 0 Å². The van der Waals surface area contributed by atoms with E-state index in [-0.39, 0.29) is 20.1 Å². The Morgan fingerprint density at radius 3 is 2.19 bits per heavy atom. The van der Waals surface area contributed by atoms with Gasteiger partial charge in [-0.3, -0.25) is 0 Å². The van der Waals surface area contributed by atoms with Gasteiger partial charge in [0.25, 0.3) is 0 Å². The van der Waals surface area contributed by atoms with Crippen LogP contribution in [0.25, 0.3) is 53.5 Å². The van der Waals surface area contributed by atoms with Gasteiger partial charge in [-0.2, -0.15) is 11.3 Å². The summed E-state index contributed by atoms with van der Waals surface area (Å²) in [6.45, 7) is 9.84. The summed E-state index contributed by atoms with van der Waals surface area (Å²) >= 11 is -0.0129. The molecule has 0 atom stereocenters. The van der Waals surface area contributed by atoms with Crippen molar-refractivity contribution in [1.82, 2.24) is 9.97 Å². The number of thiophene rings is 1. The van der Waals surface area contributed by atoms with Crippen molar-refractivity contribution in [3.63, 3.8) is 0 Å². The maximum Gasteiger partial charge on any atom is 0.0347 e. The van der Waals surface area contributed by atoms with Crippen LogP contribution in [-0.4, -0.2) is 23.2 Å². The molecule has 241 valence electrons. The summed E-state index contributed by atoms with van der Waals surface area (Å²) in [5.41, 5.74) is 7.29. The summed E-state index contributed by atoms with van der Waals surface area (Å²) in [7, 11) is 0. The minimum Gasteiger partial charge on any atom is -0.305 e. The van der Waals surface area contributed by atoms with Crippen molar-refractivity contribution >= 4 is 59.9 Å². The molecule has 47 heavy (non-hydrogen) atoms. The third-order valence-electron chi connectivity index (χ3n) is 8.46. The zero-order chi connectivity index (χ0) is 34.4. The van der Waals surface area contributed by atoms with Crippen molar-refractivity contribution in [2.75, 3.05) is 0 Å². The van der Waals surface area contributed by atoms with Gasteiger partial charge in [0.05, 0.1) is 0 Å². The fraction of sp³-hybridized carbons (Fsp3) is 0.238. The fourth-order valence-corrected chi connectivity index (χ4v) is 10.7. The molecular weight excluding hydrogens is 829 g/mol. The number of pyridine rings is 2. The molecule has 0 aliphatic rings. The Labute approximate surface area is 303 Å². The average molecular weight is 874 g/mol. The first-order valence-corrected chi connectivity index (χ1v) is 24.0. The molecule has 0 fully saturated rings. The normalized spacial score (nSPS) is 12.7. The van der Waals surface area contributed by atoms with Crippen LogP contribution in [0, 0.1) is 19.1 Å². The zero-order valence-electron chi connectivity index (χ0n) is 30.4. The minimum atomic E-state index is -1.77. The predicted octanol–water partition coefficient (Wildman–Crippen LogP) is 11.7. The van der Waals surface area contributed by atoms with Crippen LogP contribution < -0.4 is 4.40 Å². The van der Waals surface area contributed by atoms with Crippen molar-refractivity contribution < 1.29 is 22.8 Å². The van der Waals surface area contributed by atoms with Gasteiger partial charge in [-0.25, -0.2) is 0 Å². The van der Waals surface area contributed by atoms with E-state index < -0.39 is 25.1 Å². The molecule has 4 aromatic carbocycles. The molecule has 5 heteroatoms. The number of hydrogen-bond donors (Lipinski definition) is 0. The molecule has 0 saturated carbocycles. The number of aryl methyl sites for hydroxylation is 1. The maximum atomic E-state index is 8.38. The van der Waals surface area contributed by atoms with Gasteiger partial charge in [0.1, 0.15) is 0 Å². The van der Waals surface area contributed by atoms with E-state index in [2.05, 4.69) is 101 Å². The molecule has 0 aliphatic carbocycles. The van der Waals surface area contributed by atoms with Crippen LogP contribution in [0.5, 0.6) is 0 Å². The first-order chi connectivity index (χ1) is 22.6. The summed E-state index contributed by atoms with van der Waals surface area (Å²) in [6.07, 6.45) is 3.87. The van der Waals surface area contributed by atoms with Crippen LogP contribution in [0.3, 0.4) is 0 Å². The molecular formula is C42H42GeIrN2S-2. The summed E-state index contributed by atoms with van der Waals surface area (Å²) < 4.78 is 20.6. The molecule has 0 bridgehead atoms. The SMILES string of the molecule is Cc1cc(-c2[c-]cccc2)nc[c]1[Ge]([CH3])([CH3])[CH3].[2H]C(C)(C)c1ccnc(-c2[c-]ccc3c2sc2cc4cc(C([2H])(C)C)ccc4cc23)c1.[Ir]. The number of rotatable bonds is 5. The summed E-state index contributed by atoms with van der Waals surface area (Å²) in [5, 5.41) is 4.79. The summed E-state index contributed by atoms with van der Waals surface area (Å²) in [5.74, 6) is 5.91. The van der Waals surface area contributed by atoms with Crippen molar-refractivity contribution in [3.05, 3.63) is 126 Å². The molecule has 0 spiro atoms. The Kier molecular flexibility index (Phi) is 10.0. The van der Waals surface area contributed by atoms with Crippen LogP contribution in [0.2, 0.25) is 17.3 Å². The number of hydrogen-bond acceptors (Lipinski definition) is 3. The Morgan fingerprint density at radius 1 is 0.745 bits per heavy atom. The second-order valence-corrected chi connectivity index (χ2v) is 25.1. The van der Waals surface area contributed by atoms with Gasteiger partial charge in [-0.1, -0.05) is 62.9 Å². The number of aromatic nitrogens is 2. The average Bonchev–Trinajstić information content (AvgIpc) is 3.40. The first-order valence-electron chi connectivity index (χ1n) is 16.8. The second kappa shape index (κ2) is 14.5. The molecule has 3 aromatic heterocycles. The van der Waals surface area contributed by atoms with Gasteiger partial charge >= 0.3 is 106 Å². The smallest absolute Gasteiger partial charge is 0.0347 e. The van der Waals surface area contributed by atoms with Crippen LogP contribution in [-0.2, 0) is 20.1 Å². The minimum absolute atomic E-state index is 0. The van der Waals surface area contributed by atoms with E-state index in [0.29, 0.717) is 0 Å². The van der Waals surface area contributed by atoms with Gasteiger partial charge in [0, 0.05) is 33.7 Å². The van der Waals surface area contributed by atoms with E-state index in [1.54, 1.807) is 17.5 Å². The van der Waals surface area contributed by atoms with E-state index in [4.69, 9.17) is 2.74 Å². The Hall–Kier alpha value is -3.15. The molecule has 0 unspecified atom stereocenters. The third-order valence-corrected chi connectivity index (χ3v) is 14.1. The van der Waals surface area contributed by atoms with Crippen molar-refractivity contribution in [1.29, 1.82) is 0 Å². The molecule has 3 heterocycles. The largest absolute Gasteiger partial charge is 0.305 e. The van der Waals surface area contributed by atoms with Crippen LogP contribution in [0.15, 0.2) is 97.3 Å². The van der Waals surface area contributed by atoms with E-state index in [0.717, 1.165) is 33.6 Å². The van der Waals surface area contributed by atoms with E-state index in [1.165, 1.54) is 40.9 Å². The van der Waals surface area contributed by atoms with Gasteiger partial charge in [-0.15, -0.1) is 23.8 Å². The molecule has 2 nitrogen and oxygen atoms in total. The van der Waals surface area contributed by atoms with E-state index in [9.17, 15) is 0 Å².